The number of amides is 1. The maximum Gasteiger partial charge on any atom is 0.263 e. The van der Waals surface area contributed by atoms with Gasteiger partial charge in [0, 0.05) is 10.9 Å². The van der Waals surface area contributed by atoms with Gasteiger partial charge in [-0.25, -0.2) is 4.98 Å². The summed E-state index contributed by atoms with van der Waals surface area (Å²) < 4.78 is 1.90. The van der Waals surface area contributed by atoms with Crippen LogP contribution >= 0.6 is 23.1 Å². The highest BCUT2D eigenvalue weighted by Gasteiger charge is 2.27. The molecule has 3 aromatic rings. The Kier molecular flexibility index (Phi) is 5.18. The van der Waals surface area contributed by atoms with Crippen molar-refractivity contribution in [3.63, 3.8) is 0 Å². The summed E-state index contributed by atoms with van der Waals surface area (Å²) in [6.07, 6.45) is 7.45. The summed E-state index contributed by atoms with van der Waals surface area (Å²) in [4.78, 5) is 33.2. The van der Waals surface area contributed by atoms with E-state index in [2.05, 4.69) is 15.5 Å². The van der Waals surface area contributed by atoms with E-state index in [4.69, 9.17) is 4.98 Å². The van der Waals surface area contributed by atoms with Gasteiger partial charge in [0.1, 0.15) is 4.83 Å². The van der Waals surface area contributed by atoms with Gasteiger partial charge in [-0.3, -0.25) is 19.3 Å². The van der Waals surface area contributed by atoms with Gasteiger partial charge in [-0.15, -0.1) is 11.3 Å². The Hall–Kier alpha value is -2.13. The molecule has 0 aliphatic heterocycles. The van der Waals surface area contributed by atoms with Crippen molar-refractivity contribution < 1.29 is 4.79 Å². The van der Waals surface area contributed by atoms with Gasteiger partial charge in [-0.2, -0.15) is 5.10 Å². The maximum absolute atomic E-state index is 13.6. The Balaban J connectivity index is 1.46. The average molecular weight is 444 g/mol. The molecule has 3 aromatic heterocycles. The second kappa shape index (κ2) is 7.85. The molecule has 158 valence electrons. The van der Waals surface area contributed by atoms with Crippen LogP contribution in [-0.2, 0) is 17.6 Å². The van der Waals surface area contributed by atoms with Crippen molar-refractivity contribution in [2.45, 2.75) is 70.0 Å². The lowest BCUT2D eigenvalue weighted by Gasteiger charge is -2.18. The molecule has 0 radical (unpaired) electrons. The first-order valence-corrected chi connectivity index (χ1v) is 12.3. The summed E-state index contributed by atoms with van der Waals surface area (Å²) >= 11 is 3.02. The zero-order chi connectivity index (χ0) is 20.8. The molecular formula is C21H25N5O2S2. The molecule has 30 heavy (non-hydrogen) atoms. The fraction of sp³-hybridized carbons (Fsp3) is 0.524. The summed E-state index contributed by atoms with van der Waals surface area (Å²) in [5, 5.41) is 11.4. The molecule has 0 aromatic carbocycles. The van der Waals surface area contributed by atoms with Gasteiger partial charge in [0.2, 0.25) is 5.91 Å². The largest absolute Gasteiger partial charge is 0.322 e. The molecule has 0 bridgehead atoms. The van der Waals surface area contributed by atoms with Crippen LogP contribution in [-0.4, -0.2) is 31.4 Å². The smallest absolute Gasteiger partial charge is 0.263 e. The highest BCUT2D eigenvalue weighted by atomic mass is 32.2. The van der Waals surface area contributed by atoms with Gasteiger partial charge in [0.05, 0.1) is 28.2 Å². The molecular weight excluding hydrogens is 418 g/mol. The number of thioether (sulfide) groups is 1. The van der Waals surface area contributed by atoms with E-state index in [-0.39, 0.29) is 23.3 Å². The van der Waals surface area contributed by atoms with Crippen LogP contribution in [0.15, 0.2) is 9.95 Å². The molecule has 2 aliphatic carbocycles. The fourth-order valence-electron chi connectivity index (χ4n) is 4.66. The summed E-state index contributed by atoms with van der Waals surface area (Å²) in [7, 11) is 0. The molecule has 0 saturated heterocycles. The third-order valence-electron chi connectivity index (χ3n) is 6.15. The lowest BCUT2D eigenvalue weighted by molar-refractivity contribution is -0.113. The Bertz CT molecular complexity index is 1170. The highest BCUT2D eigenvalue weighted by Crippen LogP contribution is 2.38. The quantitative estimate of drug-likeness (QED) is 0.457. The van der Waals surface area contributed by atoms with Gasteiger partial charge in [-0.05, 0) is 51.5 Å². The van der Waals surface area contributed by atoms with Crippen LogP contribution in [0.1, 0.15) is 60.0 Å². The lowest BCUT2D eigenvalue weighted by Crippen LogP contribution is -2.27. The second-order valence-corrected chi connectivity index (χ2v) is 10.2. The van der Waals surface area contributed by atoms with Gasteiger partial charge in [0.25, 0.3) is 5.56 Å². The third-order valence-corrected chi connectivity index (χ3v) is 8.29. The Morgan fingerprint density at radius 1 is 1.27 bits per heavy atom. The number of hydrogen-bond acceptors (Lipinski definition) is 6. The number of carbonyl (C=O) groups excluding carboxylic acids is 1. The first kappa shape index (κ1) is 19.8. The number of nitrogens with zero attached hydrogens (tertiary/aromatic N) is 3. The molecule has 7 nitrogen and oxygen atoms in total. The molecule has 1 amide bonds. The molecule has 9 heteroatoms. The van der Waals surface area contributed by atoms with Gasteiger partial charge in [0.15, 0.2) is 5.16 Å². The summed E-state index contributed by atoms with van der Waals surface area (Å²) in [6, 6.07) is 0.190. The number of aromatic amines is 1. The highest BCUT2D eigenvalue weighted by molar-refractivity contribution is 7.99. The number of anilines is 1. The number of rotatable bonds is 5. The topological polar surface area (TPSA) is 92.7 Å². The fourth-order valence-corrected chi connectivity index (χ4v) is 6.83. The zero-order valence-corrected chi connectivity index (χ0v) is 18.8. The molecule has 1 saturated carbocycles. The summed E-state index contributed by atoms with van der Waals surface area (Å²) in [5.41, 5.74) is 3.64. The van der Waals surface area contributed by atoms with Crippen LogP contribution < -0.4 is 10.9 Å². The van der Waals surface area contributed by atoms with Crippen LogP contribution in [0.25, 0.3) is 10.2 Å². The molecule has 2 aliphatic rings. The predicted octanol–water partition coefficient (Wildman–Crippen LogP) is 4.13. The van der Waals surface area contributed by atoms with Crippen LogP contribution in [0.2, 0.25) is 0 Å². The molecule has 0 unspecified atom stereocenters. The van der Waals surface area contributed by atoms with E-state index in [0.717, 1.165) is 72.2 Å². The van der Waals surface area contributed by atoms with Crippen molar-refractivity contribution in [3.8, 4) is 0 Å². The van der Waals surface area contributed by atoms with Crippen molar-refractivity contribution in [1.82, 2.24) is 19.7 Å². The summed E-state index contributed by atoms with van der Waals surface area (Å²) in [5.74, 6) is 0.0911. The standard InChI is InChI=1S/C21H25N5O2S2/c1-11-18(12(2)25-24-11)22-16(27)10-29-21-23-19-17(14-8-5-9-15(14)30-19)20(28)26(21)13-6-3-4-7-13/h13H,3-10H2,1-2H3,(H,22,27)(H,24,25). The minimum atomic E-state index is -0.117. The number of fused-ring (bicyclic) bond motifs is 3. The number of aromatic nitrogens is 4. The molecule has 1 fully saturated rings. The van der Waals surface area contributed by atoms with Crippen LogP contribution in [0.3, 0.4) is 0 Å². The lowest BCUT2D eigenvalue weighted by atomic mass is 10.2. The normalized spacial score (nSPS) is 16.5. The van der Waals surface area contributed by atoms with E-state index in [9.17, 15) is 9.59 Å². The van der Waals surface area contributed by atoms with E-state index in [1.807, 2.05) is 18.4 Å². The molecule has 3 heterocycles. The number of carbonyl (C=O) groups is 1. The SMILES string of the molecule is Cc1n[nH]c(C)c1NC(=O)CSc1nc2sc3c(c2c(=O)n1C1CCCC1)CCC3. The van der Waals surface area contributed by atoms with Crippen molar-refractivity contribution >= 4 is 44.9 Å². The molecule has 0 spiro atoms. The average Bonchev–Trinajstić information content (AvgIpc) is 3.48. The number of thiophene rings is 1. The Morgan fingerprint density at radius 2 is 2.07 bits per heavy atom. The predicted molar refractivity (Wildman–Crippen MR) is 121 cm³/mol. The van der Waals surface area contributed by atoms with Gasteiger partial charge >= 0.3 is 0 Å². The van der Waals surface area contributed by atoms with Crippen molar-refractivity contribution in [3.05, 3.63) is 32.2 Å². The van der Waals surface area contributed by atoms with Gasteiger partial charge in [-0.1, -0.05) is 24.6 Å². The maximum atomic E-state index is 13.6. The van der Waals surface area contributed by atoms with Gasteiger partial charge < -0.3 is 5.32 Å². The molecule has 0 atom stereocenters. The molecule has 2 N–H and O–H groups in total. The van der Waals surface area contributed by atoms with E-state index in [1.54, 1.807) is 11.3 Å². The van der Waals surface area contributed by atoms with Crippen molar-refractivity contribution in [2.24, 2.45) is 0 Å². The zero-order valence-electron chi connectivity index (χ0n) is 17.2. The van der Waals surface area contributed by atoms with Crippen molar-refractivity contribution in [1.29, 1.82) is 0 Å². The number of hydrogen-bond donors (Lipinski definition) is 2. The van der Waals surface area contributed by atoms with E-state index >= 15 is 0 Å². The van der Waals surface area contributed by atoms with Crippen LogP contribution in [0.5, 0.6) is 0 Å². The van der Waals surface area contributed by atoms with E-state index in [0.29, 0.717) is 5.16 Å². The first-order chi connectivity index (χ1) is 14.5. The van der Waals surface area contributed by atoms with E-state index < -0.39 is 0 Å². The number of H-pyrrole nitrogens is 1. The number of aryl methyl sites for hydroxylation is 4. The minimum Gasteiger partial charge on any atom is -0.322 e. The summed E-state index contributed by atoms with van der Waals surface area (Å²) in [6.45, 7) is 3.74. The van der Waals surface area contributed by atoms with Crippen molar-refractivity contribution in [2.75, 3.05) is 11.1 Å². The monoisotopic (exact) mass is 443 g/mol. The van der Waals surface area contributed by atoms with Crippen LogP contribution in [0, 0.1) is 13.8 Å². The Morgan fingerprint density at radius 3 is 2.80 bits per heavy atom. The Labute approximate surface area is 182 Å². The first-order valence-electron chi connectivity index (χ1n) is 10.5. The number of nitrogens with one attached hydrogen (secondary N) is 2. The molecule has 5 rings (SSSR count). The van der Waals surface area contributed by atoms with Crippen LogP contribution in [0.4, 0.5) is 5.69 Å². The van der Waals surface area contributed by atoms with E-state index in [1.165, 1.54) is 22.2 Å². The second-order valence-electron chi connectivity index (χ2n) is 8.19. The minimum absolute atomic E-state index is 0.0933. The third kappa shape index (κ3) is 3.37.